The molecule has 3 nitrogen and oxygen atoms in total. The lowest BCUT2D eigenvalue weighted by atomic mass is 10.2. The summed E-state index contributed by atoms with van der Waals surface area (Å²) in [7, 11) is 1.55. The first-order chi connectivity index (χ1) is 6.95. The third-order valence-electron chi connectivity index (χ3n) is 2.71. The quantitative estimate of drug-likeness (QED) is 0.754. The molecule has 0 saturated heterocycles. The average molecular weight is 227 g/mol. The van der Waals surface area contributed by atoms with E-state index in [1.807, 2.05) is 0 Å². The molecule has 1 fully saturated rings. The normalized spacial score (nSPS) is 29.4. The molecular weight excluding hydrogens is 211 g/mol. The van der Waals surface area contributed by atoms with Crippen LogP contribution in [0.25, 0.3) is 0 Å². The number of rotatable bonds is 4. The molecule has 0 heterocycles. The van der Waals surface area contributed by atoms with Gasteiger partial charge in [0.15, 0.2) is 6.10 Å². The molecule has 1 saturated carbocycles. The SMILES string of the molecule is COC1CCCC1NCC(O)C(F)(F)F. The van der Waals surface area contributed by atoms with Crippen LogP contribution in [0.4, 0.5) is 13.2 Å². The van der Waals surface area contributed by atoms with Gasteiger partial charge in [-0.15, -0.1) is 0 Å². The van der Waals surface area contributed by atoms with Crippen molar-refractivity contribution in [1.82, 2.24) is 5.32 Å². The largest absolute Gasteiger partial charge is 0.415 e. The molecule has 3 atom stereocenters. The van der Waals surface area contributed by atoms with Gasteiger partial charge in [0, 0.05) is 19.7 Å². The van der Waals surface area contributed by atoms with Crippen molar-refractivity contribution < 1.29 is 23.0 Å². The van der Waals surface area contributed by atoms with Crippen molar-refractivity contribution in [3.63, 3.8) is 0 Å². The van der Waals surface area contributed by atoms with Crippen LogP contribution in [0, 0.1) is 0 Å². The summed E-state index contributed by atoms with van der Waals surface area (Å²) in [5.74, 6) is 0. The number of halogens is 3. The second kappa shape index (κ2) is 5.14. The smallest absolute Gasteiger partial charge is 0.382 e. The second-order valence-corrected chi connectivity index (χ2v) is 3.78. The van der Waals surface area contributed by atoms with Crippen LogP contribution >= 0.6 is 0 Å². The van der Waals surface area contributed by atoms with E-state index in [2.05, 4.69) is 5.32 Å². The molecular formula is C9H16F3NO2. The molecule has 2 N–H and O–H groups in total. The zero-order chi connectivity index (χ0) is 11.5. The maximum atomic E-state index is 12.0. The van der Waals surface area contributed by atoms with E-state index in [9.17, 15) is 13.2 Å². The standard InChI is InChI=1S/C9H16F3NO2/c1-15-7-4-2-3-6(7)13-5-8(14)9(10,11)12/h6-8,13-14H,2-5H2,1H3. The van der Waals surface area contributed by atoms with E-state index in [1.54, 1.807) is 7.11 Å². The summed E-state index contributed by atoms with van der Waals surface area (Å²) < 4.78 is 41.1. The van der Waals surface area contributed by atoms with E-state index < -0.39 is 18.8 Å². The molecule has 1 rings (SSSR count). The number of aliphatic hydroxyl groups excluding tert-OH is 1. The molecule has 90 valence electrons. The van der Waals surface area contributed by atoms with Gasteiger partial charge in [-0.25, -0.2) is 0 Å². The Morgan fingerprint density at radius 3 is 2.67 bits per heavy atom. The van der Waals surface area contributed by atoms with Crippen LogP contribution in [0.3, 0.4) is 0 Å². The Morgan fingerprint density at radius 2 is 2.13 bits per heavy atom. The number of hydrogen-bond acceptors (Lipinski definition) is 3. The molecule has 1 aliphatic rings. The average Bonchev–Trinajstić information content (AvgIpc) is 2.59. The van der Waals surface area contributed by atoms with Crippen LogP contribution in [0.5, 0.6) is 0 Å². The number of ether oxygens (including phenoxy) is 1. The Balaban J connectivity index is 2.30. The summed E-state index contributed by atoms with van der Waals surface area (Å²) >= 11 is 0. The molecule has 0 spiro atoms. The van der Waals surface area contributed by atoms with E-state index in [-0.39, 0.29) is 12.1 Å². The van der Waals surface area contributed by atoms with Gasteiger partial charge in [0.1, 0.15) is 0 Å². The number of hydrogen-bond donors (Lipinski definition) is 2. The maximum Gasteiger partial charge on any atom is 0.415 e. The molecule has 0 bridgehead atoms. The van der Waals surface area contributed by atoms with Gasteiger partial charge >= 0.3 is 6.18 Å². The summed E-state index contributed by atoms with van der Waals surface area (Å²) in [5.41, 5.74) is 0. The summed E-state index contributed by atoms with van der Waals surface area (Å²) in [4.78, 5) is 0. The van der Waals surface area contributed by atoms with Gasteiger partial charge in [-0.2, -0.15) is 13.2 Å². The van der Waals surface area contributed by atoms with Gasteiger partial charge in [0.2, 0.25) is 0 Å². The highest BCUT2D eigenvalue weighted by Gasteiger charge is 2.39. The van der Waals surface area contributed by atoms with Crippen LogP contribution in [0.15, 0.2) is 0 Å². The van der Waals surface area contributed by atoms with Crippen molar-refractivity contribution in [2.45, 2.75) is 43.7 Å². The van der Waals surface area contributed by atoms with Crippen molar-refractivity contribution in [1.29, 1.82) is 0 Å². The fraction of sp³-hybridized carbons (Fsp3) is 1.00. The van der Waals surface area contributed by atoms with Crippen LogP contribution in [0.2, 0.25) is 0 Å². The first-order valence-electron chi connectivity index (χ1n) is 4.96. The lowest BCUT2D eigenvalue weighted by Gasteiger charge is -2.22. The minimum absolute atomic E-state index is 0.0366. The van der Waals surface area contributed by atoms with E-state index in [0.29, 0.717) is 0 Å². The fourth-order valence-corrected chi connectivity index (χ4v) is 1.82. The van der Waals surface area contributed by atoms with Gasteiger partial charge in [-0.1, -0.05) is 0 Å². The highest BCUT2D eigenvalue weighted by molar-refractivity contribution is 4.85. The fourth-order valence-electron chi connectivity index (χ4n) is 1.82. The van der Waals surface area contributed by atoms with E-state index in [1.165, 1.54) is 0 Å². The van der Waals surface area contributed by atoms with Crippen molar-refractivity contribution in [3.05, 3.63) is 0 Å². The molecule has 0 aromatic rings. The number of nitrogens with one attached hydrogen (secondary N) is 1. The van der Waals surface area contributed by atoms with Gasteiger partial charge in [-0.3, -0.25) is 0 Å². The van der Waals surface area contributed by atoms with Crippen LogP contribution < -0.4 is 5.32 Å². The molecule has 0 aliphatic heterocycles. The van der Waals surface area contributed by atoms with Crippen molar-refractivity contribution >= 4 is 0 Å². The van der Waals surface area contributed by atoms with Crippen LogP contribution in [0.1, 0.15) is 19.3 Å². The van der Waals surface area contributed by atoms with E-state index in [4.69, 9.17) is 9.84 Å². The predicted octanol–water partition coefficient (Wildman–Crippen LogP) is 1.07. The predicted molar refractivity (Wildman–Crippen MR) is 48.5 cm³/mol. The first-order valence-corrected chi connectivity index (χ1v) is 4.96. The summed E-state index contributed by atoms with van der Waals surface area (Å²) in [6.45, 7) is -0.464. The molecule has 1 aliphatic carbocycles. The third-order valence-corrected chi connectivity index (χ3v) is 2.71. The van der Waals surface area contributed by atoms with E-state index >= 15 is 0 Å². The molecule has 6 heteroatoms. The van der Waals surface area contributed by atoms with Crippen molar-refractivity contribution in [2.75, 3.05) is 13.7 Å². The number of methoxy groups -OCH3 is 1. The highest BCUT2D eigenvalue weighted by Crippen LogP contribution is 2.23. The van der Waals surface area contributed by atoms with Crippen LogP contribution in [-0.4, -0.2) is 43.2 Å². The number of alkyl halides is 3. The Bertz CT molecular complexity index is 198. The Kier molecular flexibility index (Phi) is 4.36. The third kappa shape index (κ3) is 3.62. The second-order valence-electron chi connectivity index (χ2n) is 3.78. The van der Waals surface area contributed by atoms with Gasteiger partial charge in [0.25, 0.3) is 0 Å². The monoisotopic (exact) mass is 227 g/mol. The molecule has 0 aromatic carbocycles. The van der Waals surface area contributed by atoms with Gasteiger partial charge in [-0.05, 0) is 19.3 Å². The summed E-state index contributed by atoms with van der Waals surface area (Å²) in [6, 6.07) is -0.0769. The summed E-state index contributed by atoms with van der Waals surface area (Å²) in [6.07, 6.45) is -4.28. The molecule has 15 heavy (non-hydrogen) atoms. The molecule has 0 aromatic heterocycles. The molecule has 0 radical (unpaired) electrons. The van der Waals surface area contributed by atoms with Crippen molar-refractivity contribution in [3.8, 4) is 0 Å². The molecule has 0 amide bonds. The minimum Gasteiger partial charge on any atom is -0.382 e. The van der Waals surface area contributed by atoms with Crippen molar-refractivity contribution in [2.24, 2.45) is 0 Å². The Labute approximate surface area is 86.6 Å². The lowest BCUT2D eigenvalue weighted by molar-refractivity contribution is -0.202. The first kappa shape index (κ1) is 12.7. The summed E-state index contributed by atoms with van der Waals surface area (Å²) in [5, 5.41) is 11.5. The minimum atomic E-state index is -4.55. The zero-order valence-corrected chi connectivity index (χ0v) is 8.55. The van der Waals surface area contributed by atoms with Gasteiger partial charge < -0.3 is 15.2 Å². The Hall–Kier alpha value is -0.330. The maximum absolute atomic E-state index is 12.0. The lowest BCUT2D eigenvalue weighted by Crippen LogP contribution is -2.45. The van der Waals surface area contributed by atoms with Crippen LogP contribution in [-0.2, 0) is 4.74 Å². The Morgan fingerprint density at radius 1 is 1.47 bits per heavy atom. The zero-order valence-electron chi connectivity index (χ0n) is 8.55. The highest BCUT2D eigenvalue weighted by atomic mass is 19.4. The topological polar surface area (TPSA) is 41.5 Å². The van der Waals surface area contributed by atoms with Gasteiger partial charge in [0.05, 0.1) is 6.10 Å². The number of aliphatic hydroxyl groups is 1. The van der Waals surface area contributed by atoms with E-state index in [0.717, 1.165) is 19.3 Å². The molecule has 3 unspecified atom stereocenters.